The van der Waals surface area contributed by atoms with Gasteiger partial charge in [0.1, 0.15) is 0 Å². The summed E-state index contributed by atoms with van der Waals surface area (Å²) in [5, 5.41) is 6.53. The van der Waals surface area contributed by atoms with E-state index in [1.165, 1.54) is 7.05 Å². The SMILES string of the molecule is [2H]C([2H])([2H])NC(=O)NCCCC(=O)NC. The van der Waals surface area contributed by atoms with Crippen LogP contribution in [-0.4, -0.2) is 32.5 Å². The third-order valence-electron chi connectivity index (χ3n) is 1.26. The summed E-state index contributed by atoms with van der Waals surface area (Å²) in [7, 11) is 1.52. The molecule has 3 amide bonds. The molecule has 0 aromatic heterocycles. The lowest BCUT2D eigenvalue weighted by molar-refractivity contribution is -0.120. The lowest BCUT2D eigenvalue weighted by Crippen LogP contribution is -2.33. The first kappa shape index (κ1) is 6.28. The van der Waals surface area contributed by atoms with Gasteiger partial charge in [0, 0.05) is 31.1 Å². The Kier molecular flexibility index (Phi) is 3.37. The summed E-state index contributed by atoms with van der Waals surface area (Å²) in [4.78, 5) is 21.6. The van der Waals surface area contributed by atoms with Crippen molar-refractivity contribution >= 4 is 11.9 Å². The third-order valence-corrected chi connectivity index (χ3v) is 1.26. The van der Waals surface area contributed by atoms with Gasteiger partial charge in [0.05, 0.1) is 0 Å². The Morgan fingerprint density at radius 2 is 2.17 bits per heavy atom. The van der Waals surface area contributed by atoms with Crippen molar-refractivity contribution in [3.8, 4) is 0 Å². The van der Waals surface area contributed by atoms with Crippen LogP contribution in [0.5, 0.6) is 0 Å². The molecule has 70 valence electrons. The van der Waals surface area contributed by atoms with Crippen LogP contribution in [0.3, 0.4) is 0 Å². The number of amides is 3. The van der Waals surface area contributed by atoms with Crippen molar-refractivity contribution in [2.75, 3.05) is 20.6 Å². The predicted octanol–water partition coefficient (Wildman–Crippen LogP) is -0.558. The van der Waals surface area contributed by atoms with Crippen LogP contribution in [0.2, 0.25) is 0 Å². The fourth-order valence-electron chi connectivity index (χ4n) is 0.620. The second-order valence-electron chi connectivity index (χ2n) is 2.16. The van der Waals surface area contributed by atoms with E-state index in [0.717, 1.165) is 0 Å². The first-order valence-corrected chi connectivity index (χ1v) is 3.62. The fraction of sp³-hybridized carbons (Fsp3) is 0.714. The molecule has 0 saturated heterocycles. The van der Waals surface area contributed by atoms with Gasteiger partial charge in [0.15, 0.2) is 0 Å². The van der Waals surface area contributed by atoms with Crippen molar-refractivity contribution in [2.45, 2.75) is 12.8 Å². The van der Waals surface area contributed by atoms with Gasteiger partial charge in [0.2, 0.25) is 5.91 Å². The smallest absolute Gasteiger partial charge is 0.314 e. The average molecular weight is 176 g/mol. The van der Waals surface area contributed by atoms with Crippen molar-refractivity contribution in [2.24, 2.45) is 0 Å². The van der Waals surface area contributed by atoms with Crippen LogP contribution in [0.15, 0.2) is 0 Å². The largest absolute Gasteiger partial charge is 0.359 e. The zero-order valence-corrected chi connectivity index (χ0v) is 6.94. The Morgan fingerprint density at radius 1 is 1.42 bits per heavy atom. The monoisotopic (exact) mass is 176 g/mol. The van der Waals surface area contributed by atoms with Gasteiger partial charge in [-0.1, -0.05) is 0 Å². The molecule has 0 aromatic rings. The Balaban J connectivity index is 3.52. The Morgan fingerprint density at radius 3 is 2.75 bits per heavy atom. The zero-order chi connectivity index (χ0) is 11.9. The first-order chi connectivity index (χ1) is 6.85. The Labute approximate surface area is 76.1 Å². The minimum Gasteiger partial charge on any atom is -0.359 e. The predicted molar refractivity (Wildman–Crippen MR) is 45.8 cm³/mol. The zero-order valence-electron chi connectivity index (χ0n) is 9.94. The normalized spacial score (nSPS) is 13.6. The van der Waals surface area contributed by atoms with E-state index in [9.17, 15) is 9.59 Å². The molecule has 0 saturated carbocycles. The maximum Gasteiger partial charge on any atom is 0.314 e. The molecular formula is C7H15N3O2. The average Bonchev–Trinajstić information content (AvgIpc) is 2.09. The number of nitrogens with one attached hydrogen (secondary N) is 3. The van der Waals surface area contributed by atoms with Crippen molar-refractivity contribution in [3.05, 3.63) is 0 Å². The van der Waals surface area contributed by atoms with Gasteiger partial charge in [-0.15, -0.1) is 0 Å². The molecule has 0 unspecified atom stereocenters. The van der Waals surface area contributed by atoms with Crippen LogP contribution in [0.4, 0.5) is 4.79 Å². The molecule has 0 aromatic carbocycles. The molecule has 0 atom stereocenters. The summed E-state index contributed by atoms with van der Waals surface area (Å²) < 4.78 is 20.2. The van der Waals surface area contributed by atoms with Gasteiger partial charge in [-0.2, -0.15) is 0 Å². The minimum absolute atomic E-state index is 0.118. The number of hydrogen-bond donors (Lipinski definition) is 3. The summed E-state index contributed by atoms with van der Waals surface area (Å²) >= 11 is 0. The highest BCUT2D eigenvalue weighted by molar-refractivity contribution is 5.75. The topological polar surface area (TPSA) is 70.2 Å². The van der Waals surface area contributed by atoms with Crippen LogP contribution in [0, 0.1) is 0 Å². The number of rotatable bonds is 4. The van der Waals surface area contributed by atoms with E-state index in [4.69, 9.17) is 4.11 Å². The quantitative estimate of drug-likeness (QED) is 0.503. The minimum atomic E-state index is -2.48. The lowest BCUT2D eigenvalue weighted by Gasteiger charge is -2.02. The van der Waals surface area contributed by atoms with Gasteiger partial charge in [0.25, 0.3) is 0 Å². The van der Waals surface area contributed by atoms with Crippen LogP contribution in [-0.2, 0) is 4.79 Å². The summed E-state index contributed by atoms with van der Waals surface area (Å²) in [5.74, 6) is -0.118. The van der Waals surface area contributed by atoms with E-state index in [-0.39, 0.29) is 12.5 Å². The second kappa shape index (κ2) is 6.45. The molecule has 0 spiro atoms. The molecule has 0 radical (unpaired) electrons. The number of carbonyl (C=O) groups is 2. The van der Waals surface area contributed by atoms with Gasteiger partial charge in [-0.05, 0) is 6.42 Å². The molecule has 0 bridgehead atoms. The maximum absolute atomic E-state index is 10.9. The fourth-order valence-corrected chi connectivity index (χ4v) is 0.620. The van der Waals surface area contributed by atoms with Gasteiger partial charge in [-0.3, -0.25) is 4.79 Å². The summed E-state index contributed by atoms with van der Waals surface area (Å²) in [6, 6.07) is -0.757. The van der Waals surface area contributed by atoms with E-state index in [1.807, 2.05) is 0 Å². The maximum atomic E-state index is 10.9. The highest BCUT2D eigenvalue weighted by Crippen LogP contribution is 1.85. The molecule has 12 heavy (non-hydrogen) atoms. The number of hydrogen-bond acceptors (Lipinski definition) is 2. The van der Waals surface area contributed by atoms with Gasteiger partial charge >= 0.3 is 6.03 Å². The standard InChI is InChI=1S/C7H15N3O2/c1-8-6(11)4-3-5-10-7(12)9-2/h3-5H2,1-2H3,(H,8,11)(H2,9,10,12)/i2D3. The highest BCUT2D eigenvalue weighted by Gasteiger charge is 1.98. The molecule has 5 heteroatoms. The van der Waals surface area contributed by atoms with E-state index in [2.05, 4.69) is 10.6 Å². The second-order valence-corrected chi connectivity index (χ2v) is 2.16. The number of carbonyl (C=O) groups excluding carboxylic acids is 2. The Bertz CT molecular complexity index is 230. The molecule has 0 aliphatic heterocycles. The van der Waals surface area contributed by atoms with Crippen molar-refractivity contribution in [1.29, 1.82) is 0 Å². The first-order valence-electron chi connectivity index (χ1n) is 5.12. The molecular weight excluding hydrogens is 158 g/mol. The van der Waals surface area contributed by atoms with Crippen molar-refractivity contribution in [3.63, 3.8) is 0 Å². The van der Waals surface area contributed by atoms with E-state index < -0.39 is 13.0 Å². The van der Waals surface area contributed by atoms with E-state index in [1.54, 1.807) is 5.32 Å². The molecule has 0 fully saturated rings. The third kappa shape index (κ3) is 5.52. The summed E-state index contributed by atoms with van der Waals surface area (Å²) in [6.07, 6.45) is 0.763. The summed E-state index contributed by atoms with van der Waals surface area (Å²) in [5.41, 5.74) is 0. The molecule has 5 nitrogen and oxygen atoms in total. The molecule has 3 N–H and O–H groups in total. The lowest BCUT2D eigenvalue weighted by atomic mass is 10.3. The number of urea groups is 1. The molecule has 0 aliphatic rings. The van der Waals surface area contributed by atoms with Crippen LogP contribution in [0.25, 0.3) is 0 Å². The van der Waals surface area contributed by atoms with Crippen molar-refractivity contribution in [1.82, 2.24) is 16.0 Å². The molecule has 0 heterocycles. The van der Waals surface area contributed by atoms with Crippen molar-refractivity contribution < 1.29 is 13.7 Å². The highest BCUT2D eigenvalue weighted by atomic mass is 16.2. The summed E-state index contributed by atoms with van der Waals surface area (Å²) in [6.45, 7) is -2.22. The van der Waals surface area contributed by atoms with Crippen LogP contribution < -0.4 is 16.0 Å². The van der Waals surface area contributed by atoms with Gasteiger partial charge < -0.3 is 16.0 Å². The Hall–Kier alpha value is -1.26. The van der Waals surface area contributed by atoms with Crippen LogP contribution in [0.1, 0.15) is 17.0 Å². The molecule has 0 aliphatic carbocycles. The van der Waals surface area contributed by atoms with Crippen LogP contribution >= 0.6 is 0 Å². The van der Waals surface area contributed by atoms with E-state index >= 15 is 0 Å². The molecule has 0 rings (SSSR count). The van der Waals surface area contributed by atoms with Gasteiger partial charge in [-0.25, -0.2) is 4.79 Å². The van der Waals surface area contributed by atoms with E-state index in [0.29, 0.717) is 12.8 Å².